The minimum Gasteiger partial charge on any atom is -0.507 e. The van der Waals surface area contributed by atoms with Crippen molar-refractivity contribution in [1.82, 2.24) is 3.97 Å². The summed E-state index contributed by atoms with van der Waals surface area (Å²) in [7, 11) is -4.15. The number of carbonyl (C=O) groups excluding carboxylic acids is 2. The number of rotatable bonds is 3. The second kappa shape index (κ2) is 7.51. The fourth-order valence-electron chi connectivity index (χ4n) is 4.67. The Morgan fingerprint density at radius 1 is 0.686 bits per heavy atom. The maximum atomic E-state index is 13.8. The minimum absolute atomic E-state index is 0.00267. The van der Waals surface area contributed by atoms with Crippen LogP contribution in [0.4, 0.5) is 0 Å². The number of phenolic OH excluding ortho intramolecular Hbond substituents is 1. The van der Waals surface area contributed by atoms with Gasteiger partial charge in [-0.15, -0.1) is 0 Å². The number of aromatic nitrogens is 1. The number of hydrogen-bond acceptors (Lipinski definition) is 5. The van der Waals surface area contributed by atoms with Crippen molar-refractivity contribution >= 4 is 32.4 Å². The van der Waals surface area contributed by atoms with Gasteiger partial charge in [-0.2, -0.15) is 0 Å². The van der Waals surface area contributed by atoms with Gasteiger partial charge in [-0.05, 0) is 29.1 Å². The SMILES string of the molecule is O=C1C(=O)c2c(-c3ccccc3)cn(S(=O)(=O)c3ccccc3)c2-c2cc3ccccc3c(O)c21. The summed E-state index contributed by atoms with van der Waals surface area (Å²) in [5.41, 5.74) is 0.999. The van der Waals surface area contributed by atoms with Crippen LogP contribution >= 0.6 is 0 Å². The zero-order chi connectivity index (χ0) is 24.3. The van der Waals surface area contributed by atoms with E-state index in [0.717, 1.165) is 3.97 Å². The molecule has 1 heterocycles. The molecule has 0 bridgehead atoms. The van der Waals surface area contributed by atoms with E-state index >= 15 is 0 Å². The monoisotopic (exact) mass is 479 g/mol. The molecule has 7 heteroatoms. The van der Waals surface area contributed by atoms with Gasteiger partial charge in [0.25, 0.3) is 10.0 Å². The molecule has 0 saturated heterocycles. The normalized spacial score (nSPS) is 13.0. The summed E-state index contributed by atoms with van der Waals surface area (Å²) >= 11 is 0. The smallest absolute Gasteiger partial charge is 0.268 e. The second-order valence-electron chi connectivity index (χ2n) is 8.27. The van der Waals surface area contributed by atoms with Gasteiger partial charge in [0.1, 0.15) is 5.75 Å². The number of ketones is 2. The van der Waals surface area contributed by atoms with E-state index in [4.69, 9.17) is 0 Å². The van der Waals surface area contributed by atoms with Gasteiger partial charge >= 0.3 is 0 Å². The van der Waals surface area contributed by atoms with Crippen LogP contribution in [0.3, 0.4) is 0 Å². The summed E-state index contributed by atoms with van der Waals surface area (Å²) in [5.74, 6) is -2.07. The second-order valence-corrected chi connectivity index (χ2v) is 10.1. The van der Waals surface area contributed by atoms with Crippen LogP contribution in [-0.4, -0.2) is 29.1 Å². The minimum atomic E-state index is -4.15. The number of benzene rings is 4. The molecular formula is C28H17NO5S. The first-order chi connectivity index (χ1) is 16.9. The zero-order valence-corrected chi connectivity index (χ0v) is 19.0. The third-order valence-electron chi connectivity index (χ3n) is 6.30. The van der Waals surface area contributed by atoms with Crippen molar-refractivity contribution < 1.29 is 23.1 Å². The maximum absolute atomic E-state index is 13.8. The van der Waals surface area contributed by atoms with Crippen molar-refractivity contribution in [3.63, 3.8) is 0 Å². The van der Waals surface area contributed by atoms with Crippen LogP contribution in [-0.2, 0) is 10.0 Å². The Bertz CT molecular complexity index is 1790. The summed E-state index contributed by atoms with van der Waals surface area (Å²) < 4.78 is 28.7. The van der Waals surface area contributed by atoms with E-state index in [0.29, 0.717) is 21.9 Å². The molecule has 6 rings (SSSR count). The van der Waals surface area contributed by atoms with Gasteiger partial charge in [-0.1, -0.05) is 72.8 Å². The van der Waals surface area contributed by atoms with E-state index in [2.05, 4.69) is 0 Å². The van der Waals surface area contributed by atoms with E-state index in [9.17, 15) is 23.1 Å². The zero-order valence-electron chi connectivity index (χ0n) is 18.2. The van der Waals surface area contributed by atoms with E-state index < -0.39 is 21.6 Å². The van der Waals surface area contributed by atoms with Crippen LogP contribution in [0.5, 0.6) is 5.75 Å². The number of nitrogens with zero attached hydrogens (tertiary/aromatic N) is 1. The first-order valence-electron chi connectivity index (χ1n) is 10.8. The molecule has 35 heavy (non-hydrogen) atoms. The van der Waals surface area contributed by atoms with Crippen molar-refractivity contribution in [1.29, 1.82) is 0 Å². The molecule has 5 aromatic rings. The van der Waals surface area contributed by atoms with E-state index in [-0.39, 0.29) is 33.0 Å². The first kappa shape index (κ1) is 21.1. The van der Waals surface area contributed by atoms with Gasteiger partial charge in [-0.25, -0.2) is 12.4 Å². The Morgan fingerprint density at radius 2 is 1.29 bits per heavy atom. The van der Waals surface area contributed by atoms with Crippen molar-refractivity contribution in [2.45, 2.75) is 4.90 Å². The van der Waals surface area contributed by atoms with Crippen LogP contribution in [0.15, 0.2) is 102 Å². The van der Waals surface area contributed by atoms with E-state index in [1.807, 2.05) is 0 Å². The Labute approximate surface area is 200 Å². The lowest BCUT2D eigenvalue weighted by atomic mass is 9.83. The van der Waals surface area contributed by atoms with Crippen LogP contribution in [0.1, 0.15) is 20.7 Å². The Balaban J connectivity index is 1.78. The molecular weight excluding hydrogens is 462 g/mol. The van der Waals surface area contributed by atoms with E-state index in [1.165, 1.54) is 18.3 Å². The number of aromatic hydroxyl groups is 1. The topological polar surface area (TPSA) is 93.4 Å². The molecule has 1 aromatic heterocycles. The van der Waals surface area contributed by atoms with Gasteiger partial charge < -0.3 is 5.11 Å². The highest BCUT2D eigenvalue weighted by Gasteiger charge is 2.40. The molecule has 0 spiro atoms. The fraction of sp³-hybridized carbons (Fsp3) is 0. The van der Waals surface area contributed by atoms with Crippen LogP contribution in [0.2, 0.25) is 0 Å². The summed E-state index contributed by atoms with van der Waals surface area (Å²) in [6, 6.07) is 25.3. The number of phenols is 1. The lowest BCUT2D eigenvalue weighted by Gasteiger charge is -2.21. The Kier molecular flexibility index (Phi) is 4.52. The van der Waals surface area contributed by atoms with Crippen molar-refractivity contribution in [2.24, 2.45) is 0 Å². The molecule has 1 aliphatic carbocycles. The van der Waals surface area contributed by atoms with Gasteiger partial charge in [0, 0.05) is 22.7 Å². The molecule has 0 amide bonds. The summed E-state index contributed by atoms with van der Waals surface area (Å²) in [5, 5.41) is 12.0. The molecule has 0 saturated carbocycles. The predicted octanol–water partition coefficient (Wildman–Crippen LogP) is 5.30. The van der Waals surface area contributed by atoms with Crippen LogP contribution < -0.4 is 0 Å². The molecule has 6 nitrogen and oxygen atoms in total. The number of hydrogen-bond donors (Lipinski definition) is 1. The number of carbonyl (C=O) groups is 2. The average Bonchev–Trinajstić information content (AvgIpc) is 3.30. The van der Waals surface area contributed by atoms with Gasteiger partial charge in [0.15, 0.2) is 0 Å². The molecule has 1 aliphatic rings. The lowest BCUT2D eigenvalue weighted by Crippen LogP contribution is -2.24. The largest absolute Gasteiger partial charge is 0.507 e. The van der Waals surface area contributed by atoms with Gasteiger partial charge in [0.2, 0.25) is 11.6 Å². The lowest BCUT2D eigenvalue weighted by molar-refractivity contribution is 0.0814. The highest BCUT2D eigenvalue weighted by molar-refractivity contribution is 7.90. The molecule has 170 valence electrons. The predicted molar refractivity (Wildman–Crippen MR) is 132 cm³/mol. The van der Waals surface area contributed by atoms with Gasteiger partial charge in [-0.3, -0.25) is 9.59 Å². The third-order valence-corrected chi connectivity index (χ3v) is 7.97. The number of Topliss-reactive ketones (excluding diaryl/α,β-unsaturated/α-hetero) is 2. The van der Waals surface area contributed by atoms with E-state index in [1.54, 1.807) is 78.9 Å². The van der Waals surface area contributed by atoms with Crippen molar-refractivity contribution in [3.05, 3.63) is 108 Å². The average molecular weight is 480 g/mol. The highest BCUT2D eigenvalue weighted by Crippen LogP contribution is 2.46. The molecule has 4 aromatic carbocycles. The molecule has 0 radical (unpaired) electrons. The first-order valence-corrected chi connectivity index (χ1v) is 12.3. The maximum Gasteiger partial charge on any atom is 0.268 e. The summed E-state index contributed by atoms with van der Waals surface area (Å²) in [6.45, 7) is 0. The molecule has 1 N–H and O–H groups in total. The summed E-state index contributed by atoms with van der Waals surface area (Å²) in [4.78, 5) is 26.8. The molecule has 0 fully saturated rings. The standard InChI is InChI=1S/C28H17NO5S/c30-26-20-14-8-7-11-18(20)15-21-24(26)28(32)27(31)23-22(17-9-3-1-4-10-17)16-29(25(21)23)35(33,34)19-12-5-2-6-13-19/h1-16,30H. The fourth-order valence-corrected chi connectivity index (χ4v) is 6.07. The Morgan fingerprint density at radius 3 is 2.00 bits per heavy atom. The number of fused-ring (bicyclic) bond motifs is 4. The summed E-state index contributed by atoms with van der Waals surface area (Å²) in [6.07, 6.45) is 1.38. The molecule has 0 aliphatic heterocycles. The quantitative estimate of drug-likeness (QED) is 0.355. The molecule has 0 unspecified atom stereocenters. The van der Waals surface area contributed by atoms with Crippen LogP contribution in [0.25, 0.3) is 33.2 Å². The third kappa shape index (κ3) is 2.98. The van der Waals surface area contributed by atoms with Crippen molar-refractivity contribution in [3.8, 4) is 28.1 Å². The van der Waals surface area contributed by atoms with Crippen molar-refractivity contribution in [2.75, 3.05) is 0 Å². The highest BCUT2D eigenvalue weighted by atomic mass is 32.2. The Hall–Kier alpha value is -4.49. The van der Waals surface area contributed by atoms with Gasteiger partial charge in [0.05, 0.1) is 21.7 Å². The van der Waals surface area contributed by atoms with Crippen LogP contribution in [0, 0.1) is 0 Å². The molecule has 0 atom stereocenters.